The molecule has 2 atom stereocenters. The minimum absolute atomic E-state index is 0.283. The molecule has 1 saturated heterocycles. The van der Waals surface area contributed by atoms with E-state index in [-0.39, 0.29) is 5.82 Å². The van der Waals surface area contributed by atoms with Gasteiger partial charge in [-0.1, -0.05) is 12.1 Å². The van der Waals surface area contributed by atoms with E-state index in [0.717, 1.165) is 18.8 Å². The highest BCUT2D eigenvalue weighted by Gasteiger charge is 2.19. The van der Waals surface area contributed by atoms with Crippen molar-refractivity contribution >= 4 is 11.8 Å². The predicted octanol–water partition coefficient (Wildman–Crippen LogP) is 2.69. The lowest BCUT2D eigenvalue weighted by atomic mass is 10.1. The summed E-state index contributed by atoms with van der Waals surface area (Å²) in [5, 5.41) is 10.1. The van der Waals surface area contributed by atoms with Gasteiger partial charge in [0.25, 0.3) is 0 Å². The summed E-state index contributed by atoms with van der Waals surface area (Å²) in [6, 6.07) is 6.82. The van der Waals surface area contributed by atoms with Crippen molar-refractivity contribution in [1.82, 2.24) is 4.90 Å². The second kappa shape index (κ2) is 6.55. The van der Waals surface area contributed by atoms with Crippen molar-refractivity contribution in [3.63, 3.8) is 0 Å². The molecule has 1 aliphatic heterocycles. The Bertz CT molecular complexity index is 388. The lowest BCUT2D eigenvalue weighted by molar-refractivity contribution is 0.132. The molecule has 1 aliphatic rings. The first-order valence-electron chi connectivity index (χ1n) is 6.42. The Kier molecular flexibility index (Phi) is 5.03. The third-order valence-electron chi connectivity index (χ3n) is 3.43. The number of halogens is 1. The van der Waals surface area contributed by atoms with E-state index in [1.54, 1.807) is 12.1 Å². The Labute approximate surface area is 112 Å². The van der Waals surface area contributed by atoms with Gasteiger partial charge in [-0.05, 0) is 31.0 Å². The van der Waals surface area contributed by atoms with Crippen molar-refractivity contribution in [2.24, 2.45) is 0 Å². The number of hydrogen-bond acceptors (Lipinski definition) is 3. The maximum Gasteiger partial charge on any atom is 0.123 e. The quantitative estimate of drug-likeness (QED) is 0.909. The lowest BCUT2D eigenvalue weighted by Crippen LogP contribution is -2.41. The van der Waals surface area contributed by atoms with Gasteiger partial charge in [0.15, 0.2) is 0 Å². The van der Waals surface area contributed by atoms with Crippen LogP contribution < -0.4 is 0 Å². The zero-order valence-electron chi connectivity index (χ0n) is 10.7. The maximum atomic E-state index is 13.1. The molecule has 18 heavy (non-hydrogen) atoms. The number of aliphatic hydroxyl groups is 1. The van der Waals surface area contributed by atoms with Gasteiger partial charge in [0.2, 0.25) is 0 Å². The third-order valence-corrected chi connectivity index (χ3v) is 4.62. The van der Waals surface area contributed by atoms with E-state index in [2.05, 4.69) is 11.8 Å². The highest BCUT2D eigenvalue weighted by atomic mass is 32.2. The normalized spacial score (nSPS) is 22.9. The van der Waals surface area contributed by atoms with Crippen LogP contribution in [-0.2, 0) is 0 Å². The molecule has 2 rings (SSSR count). The molecule has 0 aromatic heterocycles. The molecule has 100 valence electrons. The highest BCUT2D eigenvalue weighted by molar-refractivity contribution is 7.99. The zero-order valence-corrected chi connectivity index (χ0v) is 11.5. The Hall–Kier alpha value is -0.580. The number of nitrogens with zero attached hydrogens (tertiary/aromatic N) is 1. The molecular weight excluding hydrogens is 249 g/mol. The van der Waals surface area contributed by atoms with Crippen LogP contribution in [0.3, 0.4) is 0 Å². The van der Waals surface area contributed by atoms with Gasteiger partial charge in [0, 0.05) is 30.6 Å². The topological polar surface area (TPSA) is 23.5 Å². The van der Waals surface area contributed by atoms with Crippen molar-refractivity contribution in [3.8, 4) is 0 Å². The first kappa shape index (κ1) is 13.8. The van der Waals surface area contributed by atoms with E-state index in [1.165, 1.54) is 17.9 Å². The molecule has 1 aromatic carbocycles. The SMILES string of the molecule is CC1CSCCN1CCC(O)c1cccc(F)c1. The van der Waals surface area contributed by atoms with Gasteiger partial charge in [0.1, 0.15) is 5.82 Å². The predicted molar refractivity (Wildman–Crippen MR) is 74.3 cm³/mol. The molecule has 0 spiro atoms. The van der Waals surface area contributed by atoms with E-state index in [4.69, 9.17) is 0 Å². The fourth-order valence-corrected chi connectivity index (χ4v) is 3.34. The minimum atomic E-state index is -0.567. The van der Waals surface area contributed by atoms with Gasteiger partial charge in [-0.15, -0.1) is 0 Å². The average molecular weight is 269 g/mol. The van der Waals surface area contributed by atoms with Crippen LogP contribution >= 0.6 is 11.8 Å². The van der Waals surface area contributed by atoms with E-state index >= 15 is 0 Å². The Balaban J connectivity index is 1.86. The summed E-state index contributed by atoms with van der Waals surface area (Å²) in [7, 11) is 0. The smallest absolute Gasteiger partial charge is 0.123 e. The van der Waals surface area contributed by atoms with Crippen molar-refractivity contribution in [1.29, 1.82) is 0 Å². The van der Waals surface area contributed by atoms with Crippen LogP contribution in [0.25, 0.3) is 0 Å². The monoisotopic (exact) mass is 269 g/mol. The molecule has 1 N–H and O–H groups in total. The summed E-state index contributed by atoms with van der Waals surface area (Å²) in [6.07, 6.45) is 0.0980. The summed E-state index contributed by atoms with van der Waals surface area (Å²) in [5.41, 5.74) is 0.675. The van der Waals surface area contributed by atoms with Crippen LogP contribution in [0.15, 0.2) is 24.3 Å². The van der Waals surface area contributed by atoms with Crippen LogP contribution in [0.2, 0.25) is 0 Å². The standard InChI is InChI=1S/C14H20FNOS/c1-11-10-18-8-7-16(11)6-5-14(17)12-3-2-4-13(15)9-12/h2-4,9,11,14,17H,5-8,10H2,1H3. The Morgan fingerprint density at radius 3 is 3.11 bits per heavy atom. The number of benzene rings is 1. The number of thioether (sulfide) groups is 1. The van der Waals surface area contributed by atoms with Crippen molar-refractivity contribution in [3.05, 3.63) is 35.6 Å². The van der Waals surface area contributed by atoms with Crippen LogP contribution in [0, 0.1) is 5.82 Å². The summed E-state index contributed by atoms with van der Waals surface area (Å²) >= 11 is 1.99. The van der Waals surface area contributed by atoms with Crippen LogP contribution in [0.1, 0.15) is 25.0 Å². The molecule has 1 heterocycles. The van der Waals surface area contributed by atoms with E-state index in [9.17, 15) is 9.50 Å². The second-order valence-electron chi connectivity index (χ2n) is 4.82. The van der Waals surface area contributed by atoms with Crippen molar-refractivity contribution < 1.29 is 9.50 Å². The number of rotatable bonds is 4. The van der Waals surface area contributed by atoms with Crippen LogP contribution in [0.4, 0.5) is 4.39 Å². The Morgan fingerprint density at radius 2 is 2.39 bits per heavy atom. The van der Waals surface area contributed by atoms with Gasteiger partial charge < -0.3 is 5.11 Å². The summed E-state index contributed by atoms with van der Waals surface area (Å²) in [4.78, 5) is 2.40. The molecule has 2 nitrogen and oxygen atoms in total. The average Bonchev–Trinajstić information content (AvgIpc) is 2.37. The largest absolute Gasteiger partial charge is 0.388 e. The molecule has 0 aliphatic carbocycles. The van der Waals surface area contributed by atoms with Crippen molar-refractivity contribution in [2.75, 3.05) is 24.6 Å². The molecule has 0 bridgehead atoms. The van der Waals surface area contributed by atoms with E-state index in [0.29, 0.717) is 18.0 Å². The van der Waals surface area contributed by atoms with E-state index < -0.39 is 6.10 Å². The summed E-state index contributed by atoms with van der Waals surface area (Å²) < 4.78 is 13.1. The Morgan fingerprint density at radius 1 is 1.56 bits per heavy atom. The number of hydrogen-bond donors (Lipinski definition) is 1. The summed E-state index contributed by atoms with van der Waals surface area (Å²) in [6.45, 7) is 4.18. The first-order chi connectivity index (χ1) is 8.66. The molecule has 4 heteroatoms. The van der Waals surface area contributed by atoms with Gasteiger partial charge in [-0.25, -0.2) is 4.39 Å². The minimum Gasteiger partial charge on any atom is -0.388 e. The van der Waals surface area contributed by atoms with Gasteiger partial charge in [0.05, 0.1) is 6.10 Å². The second-order valence-corrected chi connectivity index (χ2v) is 5.97. The fraction of sp³-hybridized carbons (Fsp3) is 0.571. The zero-order chi connectivity index (χ0) is 13.0. The van der Waals surface area contributed by atoms with Gasteiger partial charge >= 0.3 is 0 Å². The summed E-state index contributed by atoms with van der Waals surface area (Å²) in [5.74, 6) is 2.05. The lowest BCUT2D eigenvalue weighted by Gasteiger charge is -2.33. The fourth-order valence-electron chi connectivity index (χ4n) is 2.26. The molecule has 0 saturated carbocycles. The third kappa shape index (κ3) is 3.70. The molecule has 2 unspecified atom stereocenters. The van der Waals surface area contributed by atoms with Crippen LogP contribution in [-0.4, -0.2) is 40.6 Å². The van der Waals surface area contributed by atoms with E-state index in [1.807, 2.05) is 11.8 Å². The molecule has 1 aromatic rings. The number of aliphatic hydroxyl groups excluding tert-OH is 1. The van der Waals surface area contributed by atoms with Crippen molar-refractivity contribution in [2.45, 2.75) is 25.5 Å². The first-order valence-corrected chi connectivity index (χ1v) is 7.57. The molecule has 0 amide bonds. The molecular formula is C14H20FNOS. The van der Waals surface area contributed by atoms with Gasteiger partial charge in [-0.3, -0.25) is 4.90 Å². The van der Waals surface area contributed by atoms with Gasteiger partial charge in [-0.2, -0.15) is 11.8 Å². The molecule has 0 radical (unpaired) electrons. The van der Waals surface area contributed by atoms with Crippen LogP contribution in [0.5, 0.6) is 0 Å². The maximum absolute atomic E-state index is 13.1. The molecule has 1 fully saturated rings. The highest BCUT2D eigenvalue weighted by Crippen LogP contribution is 2.21.